The van der Waals surface area contributed by atoms with Crippen molar-refractivity contribution in [3.63, 3.8) is 0 Å². The van der Waals surface area contributed by atoms with Crippen molar-refractivity contribution in [1.29, 1.82) is 0 Å². The van der Waals surface area contributed by atoms with Crippen LogP contribution in [0.2, 0.25) is 0 Å². The molecule has 1 fully saturated rings. The van der Waals surface area contributed by atoms with Crippen molar-refractivity contribution in [2.75, 3.05) is 58.1 Å². The lowest BCUT2D eigenvalue weighted by Gasteiger charge is -2.35. The predicted molar refractivity (Wildman–Crippen MR) is 122 cm³/mol. The number of anilines is 1. The maximum atomic E-state index is 12.8. The van der Waals surface area contributed by atoms with Crippen LogP contribution in [0.5, 0.6) is 11.5 Å². The summed E-state index contributed by atoms with van der Waals surface area (Å²) in [5.74, 6) is -0.820. The Morgan fingerprint density at radius 1 is 1.10 bits per heavy atom. The molecule has 2 aromatic carbocycles. The zero-order valence-electron chi connectivity index (χ0n) is 24.7. The normalized spacial score (nSPS) is 20.7. The average molecular weight is 435 g/mol. The van der Waals surface area contributed by atoms with Gasteiger partial charge >= 0.3 is 0 Å². The minimum Gasteiger partial charge on any atom is -0.493 e. The van der Waals surface area contributed by atoms with Crippen molar-refractivity contribution in [2.45, 2.75) is 20.0 Å². The molecular formula is C24H33N3O4. The molecule has 7 heteroatoms. The molecule has 2 aromatic rings. The number of rotatable bonds is 9. The molecule has 0 radical (unpaired) electrons. The van der Waals surface area contributed by atoms with Crippen LogP contribution in [0.15, 0.2) is 42.5 Å². The largest absolute Gasteiger partial charge is 0.493 e. The summed E-state index contributed by atoms with van der Waals surface area (Å²) in [6, 6.07) is 11.5. The van der Waals surface area contributed by atoms with Gasteiger partial charge in [0.15, 0.2) is 11.5 Å². The Morgan fingerprint density at radius 2 is 1.74 bits per heavy atom. The molecule has 1 unspecified atom stereocenters. The molecular weight excluding hydrogens is 394 g/mol. The van der Waals surface area contributed by atoms with E-state index in [1.54, 1.807) is 12.1 Å². The number of benzene rings is 2. The van der Waals surface area contributed by atoms with E-state index in [1.807, 2.05) is 32.0 Å². The molecule has 0 spiro atoms. The number of nitrogens with zero attached hydrogens (tertiary/aromatic N) is 2. The molecule has 31 heavy (non-hydrogen) atoms. The second kappa shape index (κ2) is 11.1. The topological polar surface area (TPSA) is 74.3 Å². The van der Waals surface area contributed by atoms with Crippen LogP contribution in [0.25, 0.3) is 0 Å². The van der Waals surface area contributed by atoms with Crippen molar-refractivity contribution < 1.29 is 29.0 Å². The molecule has 1 aliphatic rings. The highest BCUT2D eigenvalue weighted by Crippen LogP contribution is 2.25. The highest BCUT2D eigenvalue weighted by Gasteiger charge is 2.21. The first kappa shape index (κ1) is 15.2. The van der Waals surface area contributed by atoms with Gasteiger partial charge in [0.05, 0.1) is 20.4 Å². The smallest absolute Gasteiger partial charge is 0.238 e. The van der Waals surface area contributed by atoms with E-state index in [1.165, 1.54) is 21.9 Å². The summed E-state index contributed by atoms with van der Waals surface area (Å²) in [6.45, 7) is -1.18. The summed E-state index contributed by atoms with van der Waals surface area (Å²) in [5, 5.41) is 13.3. The van der Waals surface area contributed by atoms with Gasteiger partial charge in [-0.05, 0) is 37.1 Å². The fraction of sp³-hybridized carbons (Fsp3) is 0.458. The molecule has 168 valence electrons. The van der Waals surface area contributed by atoms with Gasteiger partial charge in [0.25, 0.3) is 0 Å². The summed E-state index contributed by atoms with van der Waals surface area (Å²) in [5.41, 5.74) is 2.19. The van der Waals surface area contributed by atoms with E-state index in [4.69, 9.17) is 19.1 Å². The molecule has 0 bridgehead atoms. The van der Waals surface area contributed by atoms with Gasteiger partial charge in [-0.2, -0.15) is 0 Å². The van der Waals surface area contributed by atoms with Gasteiger partial charge < -0.3 is 19.9 Å². The zero-order chi connectivity index (χ0) is 28.3. The van der Waals surface area contributed by atoms with Crippen LogP contribution in [-0.4, -0.2) is 79.7 Å². The van der Waals surface area contributed by atoms with Crippen LogP contribution < -0.4 is 14.8 Å². The standard InChI is InChI=1S/C24H33N3O4/c1-18-7-6-8-19(2)24(18)25-23(29)16-27-13-11-26(12-14-27)15-20(28)17-31-22-10-5-4-9-21(22)30-3/h4-10,20,28H,11-17H2,1-3H3,(H,25,29)/i3D3,15D2,16D2. The van der Waals surface area contributed by atoms with E-state index in [0.717, 1.165) is 11.1 Å². The third-order valence-corrected chi connectivity index (χ3v) is 4.95. The van der Waals surface area contributed by atoms with E-state index in [9.17, 15) is 9.90 Å². The molecule has 0 aliphatic carbocycles. The second-order valence-electron chi connectivity index (χ2n) is 7.31. The van der Waals surface area contributed by atoms with Crippen LogP contribution in [0.3, 0.4) is 0 Å². The maximum absolute atomic E-state index is 12.8. The maximum Gasteiger partial charge on any atom is 0.238 e. The number of carbonyl (C=O) groups is 1. The zero-order valence-corrected chi connectivity index (χ0v) is 17.7. The number of aliphatic hydroxyl groups is 1. The van der Waals surface area contributed by atoms with Crippen molar-refractivity contribution in [1.82, 2.24) is 9.80 Å². The minimum atomic E-state index is -2.70. The molecule has 3 rings (SSSR count). The first-order valence-electron chi connectivity index (χ1n) is 13.6. The van der Waals surface area contributed by atoms with Crippen LogP contribution in [0.1, 0.15) is 20.7 Å². The molecule has 1 heterocycles. The number of amides is 1. The highest BCUT2D eigenvalue weighted by atomic mass is 16.5. The van der Waals surface area contributed by atoms with Gasteiger partial charge in [0.1, 0.15) is 12.7 Å². The van der Waals surface area contributed by atoms with Gasteiger partial charge in [-0.3, -0.25) is 14.6 Å². The summed E-state index contributed by atoms with van der Waals surface area (Å²) in [7, 11) is -2.70. The third-order valence-electron chi connectivity index (χ3n) is 4.95. The number of aliphatic hydroxyl groups excluding tert-OH is 1. The lowest BCUT2D eigenvalue weighted by molar-refractivity contribution is -0.117. The minimum absolute atomic E-state index is 0.0476. The molecule has 1 aliphatic heterocycles. The van der Waals surface area contributed by atoms with Crippen molar-refractivity contribution >= 4 is 11.6 Å². The van der Waals surface area contributed by atoms with Crippen molar-refractivity contribution in [2.24, 2.45) is 0 Å². The Hall–Kier alpha value is -2.61. The Balaban J connectivity index is 1.59. The number of hydrogen-bond donors (Lipinski definition) is 2. The Kier molecular flexibility index (Phi) is 5.47. The number of methoxy groups -OCH3 is 1. The lowest BCUT2D eigenvalue weighted by Crippen LogP contribution is -2.50. The summed E-state index contributed by atoms with van der Waals surface area (Å²) in [4.78, 5) is 15.5. The van der Waals surface area contributed by atoms with Crippen LogP contribution in [0, 0.1) is 13.8 Å². The first-order chi connectivity index (χ1) is 17.6. The van der Waals surface area contributed by atoms with E-state index in [2.05, 4.69) is 5.32 Å². The SMILES string of the molecule is [2H]C([2H])([2H])Oc1ccccc1OCC(O)C([2H])([2H])N1CCN(C([2H])([2H])C(=O)Nc2c(C)cccc2C)CC1. The van der Waals surface area contributed by atoms with Gasteiger partial charge in [0, 0.05) is 41.1 Å². The summed E-state index contributed by atoms with van der Waals surface area (Å²) in [6.07, 6.45) is -1.61. The predicted octanol–water partition coefficient (Wildman–Crippen LogP) is 2.31. The number of β-amino-alcohol motifs (C(OH)–C–C–N with tert-alkyl or cyclic N) is 1. The van der Waals surface area contributed by atoms with Crippen LogP contribution >= 0.6 is 0 Å². The number of para-hydroxylation sites is 3. The highest BCUT2D eigenvalue weighted by molar-refractivity contribution is 5.93. The summed E-state index contributed by atoms with van der Waals surface area (Å²) < 4.78 is 65.9. The lowest BCUT2D eigenvalue weighted by atomic mass is 10.1. The van der Waals surface area contributed by atoms with Crippen molar-refractivity contribution in [3.05, 3.63) is 53.6 Å². The third kappa shape index (κ3) is 6.69. The Bertz CT molecular complexity index is 1100. The molecule has 1 saturated heterocycles. The van der Waals surface area contributed by atoms with Gasteiger partial charge in [-0.25, -0.2) is 0 Å². The monoisotopic (exact) mass is 434 g/mol. The molecule has 0 saturated carbocycles. The number of ether oxygens (including phenoxy) is 2. The molecule has 2 N–H and O–H groups in total. The van der Waals surface area contributed by atoms with E-state index in [0.29, 0.717) is 5.69 Å². The van der Waals surface area contributed by atoms with Gasteiger partial charge in [-0.15, -0.1) is 0 Å². The van der Waals surface area contributed by atoms with Crippen LogP contribution in [-0.2, 0) is 4.79 Å². The van der Waals surface area contributed by atoms with E-state index in [-0.39, 0.29) is 37.7 Å². The van der Waals surface area contributed by atoms with Gasteiger partial charge in [0.2, 0.25) is 5.91 Å². The Labute approximate surface area is 194 Å². The number of carbonyl (C=O) groups excluding carboxylic acids is 1. The first-order valence-corrected chi connectivity index (χ1v) is 10.1. The summed E-state index contributed by atoms with van der Waals surface area (Å²) >= 11 is 0. The quantitative estimate of drug-likeness (QED) is 0.631. The van der Waals surface area contributed by atoms with E-state index < -0.39 is 38.6 Å². The number of nitrogens with one attached hydrogen (secondary N) is 1. The van der Waals surface area contributed by atoms with Crippen molar-refractivity contribution in [3.8, 4) is 11.5 Å². The molecule has 1 atom stereocenters. The van der Waals surface area contributed by atoms with Crippen LogP contribution in [0.4, 0.5) is 5.69 Å². The number of piperazine rings is 1. The molecule has 0 aromatic heterocycles. The molecule has 7 nitrogen and oxygen atoms in total. The number of aryl methyl sites for hydroxylation is 2. The van der Waals surface area contributed by atoms with Gasteiger partial charge in [-0.1, -0.05) is 30.3 Å². The molecule has 1 amide bonds. The van der Waals surface area contributed by atoms with E-state index >= 15 is 0 Å². The Morgan fingerprint density at radius 3 is 2.42 bits per heavy atom. The average Bonchev–Trinajstić information content (AvgIpc) is 2.84. The fourth-order valence-electron chi connectivity index (χ4n) is 3.31. The number of hydrogen-bond acceptors (Lipinski definition) is 6. The fourth-order valence-corrected chi connectivity index (χ4v) is 3.31. The second-order valence-corrected chi connectivity index (χ2v) is 7.31.